The molecule has 1 N–H and O–H groups in total. The van der Waals surface area contributed by atoms with E-state index in [1.165, 1.54) is 0 Å². The zero-order chi connectivity index (χ0) is 13.8. The third-order valence-corrected chi connectivity index (χ3v) is 4.06. The van der Waals surface area contributed by atoms with Gasteiger partial charge in [0.15, 0.2) is 0 Å². The minimum atomic E-state index is -0.109. The highest BCUT2D eigenvalue weighted by atomic mass is 79.9. The molecule has 1 aromatic carbocycles. The maximum absolute atomic E-state index is 12.1. The summed E-state index contributed by atoms with van der Waals surface area (Å²) in [7, 11) is 0. The van der Waals surface area contributed by atoms with Crippen molar-refractivity contribution in [1.29, 1.82) is 0 Å². The zero-order valence-corrected chi connectivity index (χ0v) is 13.1. The van der Waals surface area contributed by atoms with Gasteiger partial charge in [-0.15, -0.1) is 5.10 Å². The summed E-state index contributed by atoms with van der Waals surface area (Å²) >= 11 is 4.51. The van der Waals surface area contributed by atoms with Crippen LogP contribution in [0.2, 0.25) is 0 Å². The average molecular weight is 340 g/mol. The molecule has 4 nitrogen and oxygen atoms in total. The smallest absolute Gasteiger partial charge is 0.265 e. The van der Waals surface area contributed by atoms with Gasteiger partial charge in [0.2, 0.25) is 0 Å². The van der Waals surface area contributed by atoms with Gasteiger partial charge in [0.05, 0.1) is 0 Å². The van der Waals surface area contributed by atoms with Crippen LogP contribution in [0.15, 0.2) is 28.7 Å². The molecule has 0 bridgehead atoms. The van der Waals surface area contributed by atoms with E-state index in [2.05, 4.69) is 30.8 Å². The lowest BCUT2D eigenvalue weighted by Gasteiger charge is -2.10. The van der Waals surface area contributed by atoms with Gasteiger partial charge in [-0.2, -0.15) is 0 Å². The number of carbonyl (C=O) groups excluding carboxylic acids is 1. The number of nitrogens with one attached hydrogen (secondary N) is 1. The number of nitrogens with zero attached hydrogens (tertiary/aromatic N) is 2. The van der Waals surface area contributed by atoms with E-state index in [1.54, 1.807) is 0 Å². The summed E-state index contributed by atoms with van der Waals surface area (Å²) in [5, 5.41) is 7.00. The Morgan fingerprint density at radius 3 is 2.74 bits per heavy atom. The highest BCUT2D eigenvalue weighted by Crippen LogP contribution is 2.25. The summed E-state index contributed by atoms with van der Waals surface area (Å²) in [5.74, 6) is -0.109. The summed E-state index contributed by atoms with van der Waals surface area (Å²) in [6.07, 6.45) is 0.894. The summed E-state index contributed by atoms with van der Waals surface area (Å²) in [6.45, 7) is 4.01. The van der Waals surface area contributed by atoms with Crippen molar-refractivity contribution >= 4 is 33.4 Å². The van der Waals surface area contributed by atoms with Crippen LogP contribution in [0.5, 0.6) is 0 Å². The van der Waals surface area contributed by atoms with E-state index in [0.29, 0.717) is 10.6 Å². The molecule has 2 rings (SSSR count). The summed E-state index contributed by atoms with van der Waals surface area (Å²) in [4.78, 5) is 12.7. The van der Waals surface area contributed by atoms with Crippen molar-refractivity contribution in [1.82, 2.24) is 14.9 Å². The topological polar surface area (TPSA) is 54.9 Å². The second-order valence-corrected chi connectivity index (χ2v) is 5.91. The molecule has 0 aliphatic heterocycles. The molecule has 0 spiro atoms. The second-order valence-electron chi connectivity index (χ2n) is 4.24. The van der Waals surface area contributed by atoms with E-state index in [9.17, 15) is 4.79 Å². The van der Waals surface area contributed by atoms with Gasteiger partial charge < -0.3 is 5.32 Å². The number of benzene rings is 1. The van der Waals surface area contributed by atoms with Crippen LogP contribution >= 0.6 is 27.5 Å². The molecule has 0 aliphatic rings. The molecule has 1 heterocycles. The van der Waals surface area contributed by atoms with Crippen molar-refractivity contribution in [2.45, 2.75) is 26.3 Å². The minimum Gasteiger partial charge on any atom is -0.349 e. The predicted octanol–water partition coefficient (Wildman–Crippen LogP) is 3.50. The van der Waals surface area contributed by atoms with Gasteiger partial charge in [-0.05, 0) is 37.0 Å². The Morgan fingerprint density at radius 1 is 1.42 bits per heavy atom. The molecule has 1 aromatic heterocycles. The number of hydrogen-bond donors (Lipinski definition) is 1. The summed E-state index contributed by atoms with van der Waals surface area (Å²) < 4.78 is 4.89. The Kier molecular flexibility index (Phi) is 4.66. The fourth-order valence-electron chi connectivity index (χ4n) is 1.53. The molecule has 100 valence electrons. The highest BCUT2D eigenvalue weighted by molar-refractivity contribution is 9.10. The number of amides is 1. The van der Waals surface area contributed by atoms with Crippen molar-refractivity contribution in [2.24, 2.45) is 0 Å². The molecule has 19 heavy (non-hydrogen) atoms. The first-order valence-electron chi connectivity index (χ1n) is 6.01. The molecular weight excluding hydrogens is 326 g/mol. The van der Waals surface area contributed by atoms with Crippen molar-refractivity contribution < 1.29 is 4.79 Å². The molecule has 0 fully saturated rings. The number of hydrogen-bond acceptors (Lipinski definition) is 4. The fraction of sp³-hybridized carbons (Fsp3) is 0.308. The lowest BCUT2D eigenvalue weighted by atomic mass is 10.1. The first-order valence-corrected chi connectivity index (χ1v) is 7.57. The quantitative estimate of drug-likeness (QED) is 0.927. The van der Waals surface area contributed by atoms with Crippen LogP contribution < -0.4 is 5.32 Å². The normalized spacial score (nSPS) is 12.2. The Bertz CT molecular complexity index is 568. The van der Waals surface area contributed by atoms with E-state index in [1.807, 2.05) is 38.1 Å². The molecule has 0 saturated heterocycles. The Balaban J connectivity index is 2.27. The number of carbonyl (C=O) groups is 1. The van der Waals surface area contributed by atoms with E-state index in [4.69, 9.17) is 0 Å². The van der Waals surface area contributed by atoms with Gasteiger partial charge in [-0.3, -0.25) is 4.79 Å². The SMILES string of the molecule is CCC(C)NC(=O)c1snnc1-c1ccc(Br)cc1. The molecular formula is C13H14BrN3OS. The summed E-state index contributed by atoms with van der Waals surface area (Å²) in [6, 6.07) is 7.82. The molecule has 0 saturated carbocycles. The molecule has 6 heteroatoms. The predicted molar refractivity (Wildman–Crippen MR) is 80.3 cm³/mol. The molecule has 2 aromatic rings. The largest absolute Gasteiger partial charge is 0.349 e. The van der Waals surface area contributed by atoms with Crippen molar-refractivity contribution in [3.05, 3.63) is 33.6 Å². The van der Waals surface area contributed by atoms with E-state index >= 15 is 0 Å². The number of halogens is 1. The molecule has 1 atom stereocenters. The maximum Gasteiger partial charge on any atom is 0.265 e. The maximum atomic E-state index is 12.1. The first kappa shape index (κ1) is 14.1. The second kappa shape index (κ2) is 6.25. The van der Waals surface area contributed by atoms with Gasteiger partial charge in [0.1, 0.15) is 10.6 Å². The Labute approximate surface area is 124 Å². The van der Waals surface area contributed by atoms with Crippen LogP contribution in [-0.2, 0) is 0 Å². The summed E-state index contributed by atoms with van der Waals surface area (Å²) in [5.41, 5.74) is 1.53. The van der Waals surface area contributed by atoms with Crippen LogP contribution in [0.25, 0.3) is 11.3 Å². The minimum absolute atomic E-state index is 0.109. The highest BCUT2D eigenvalue weighted by Gasteiger charge is 2.18. The van der Waals surface area contributed by atoms with Crippen molar-refractivity contribution in [3.63, 3.8) is 0 Å². The van der Waals surface area contributed by atoms with E-state index < -0.39 is 0 Å². The van der Waals surface area contributed by atoms with E-state index in [-0.39, 0.29) is 11.9 Å². The Hall–Kier alpha value is -1.27. The van der Waals surface area contributed by atoms with Gasteiger partial charge in [-0.25, -0.2) is 0 Å². The molecule has 1 unspecified atom stereocenters. The van der Waals surface area contributed by atoms with Gasteiger partial charge in [-0.1, -0.05) is 39.5 Å². The van der Waals surface area contributed by atoms with Gasteiger partial charge >= 0.3 is 0 Å². The number of aromatic nitrogens is 2. The van der Waals surface area contributed by atoms with Crippen LogP contribution in [0.4, 0.5) is 0 Å². The van der Waals surface area contributed by atoms with Gasteiger partial charge in [0.25, 0.3) is 5.91 Å². The van der Waals surface area contributed by atoms with Crippen LogP contribution in [0.3, 0.4) is 0 Å². The monoisotopic (exact) mass is 339 g/mol. The third kappa shape index (κ3) is 3.39. The molecule has 0 aliphatic carbocycles. The van der Waals surface area contributed by atoms with E-state index in [0.717, 1.165) is 28.0 Å². The first-order chi connectivity index (χ1) is 9.11. The molecule has 1 amide bonds. The lowest BCUT2D eigenvalue weighted by molar-refractivity contribution is 0.0944. The van der Waals surface area contributed by atoms with Gasteiger partial charge in [0, 0.05) is 16.1 Å². The Morgan fingerprint density at radius 2 is 2.11 bits per heavy atom. The number of rotatable bonds is 4. The zero-order valence-electron chi connectivity index (χ0n) is 10.7. The fourth-order valence-corrected chi connectivity index (χ4v) is 2.38. The van der Waals surface area contributed by atoms with Crippen molar-refractivity contribution in [3.8, 4) is 11.3 Å². The molecule has 0 radical (unpaired) electrons. The van der Waals surface area contributed by atoms with Crippen LogP contribution in [0, 0.1) is 0 Å². The van der Waals surface area contributed by atoms with Crippen molar-refractivity contribution in [2.75, 3.05) is 0 Å². The standard InChI is InChI=1S/C13H14BrN3OS/c1-3-8(2)15-13(18)12-11(16-17-19-12)9-4-6-10(14)7-5-9/h4-8H,3H2,1-2H3,(H,15,18). The third-order valence-electron chi connectivity index (χ3n) is 2.80. The average Bonchev–Trinajstić information content (AvgIpc) is 2.88. The van der Waals surface area contributed by atoms with Crippen LogP contribution in [-0.4, -0.2) is 21.5 Å². The van der Waals surface area contributed by atoms with Crippen LogP contribution in [0.1, 0.15) is 29.9 Å². The lowest BCUT2D eigenvalue weighted by Crippen LogP contribution is -2.31.